The molecule has 0 aliphatic heterocycles. The Hall–Kier alpha value is -4.06. The largest absolute Gasteiger partial charge is 0.433 e. The molecule has 35 heavy (non-hydrogen) atoms. The Kier molecular flexibility index (Phi) is 5.20. The summed E-state index contributed by atoms with van der Waals surface area (Å²) in [5.41, 5.74) is -0.286. The van der Waals surface area contributed by atoms with E-state index in [1.807, 2.05) is 6.07 Å². The Morgan fingerprint density at radius 1 is 1.11 bits per heavy atom. The fourth-order valence-electron chi connectivity index (χ4n) is 3.89. The number of nitrogens with zero attached hydrogens (tertiary/aromatic N) is 5. The van der Waals surface area contributed by atoms with Gasteiger partial charge in [0.25, 0.3) is 5.56 Å². The van der Waals surface area contributed by atoms with Crippen molar-refractivity contribution in [1.29, 1.82) is 0 Å². The molecule has 0 bridgehead atoms. The zero-order chi connectivity index (χ0) is 25.1. The molecular formula is C22H17ClF3N7O2. The van der Waals surface area contributed by atoms with Gasteiger partial charge in [0.2, 0.25) is 5.95 Å². The third kappa shape index (κ3) is 3.85. The second-order valence-electron chi connectivity index (χ2n) is 7.95. The fraction of sp³-hybridized carbons (Fsp3) is 0.182. The Balaban J connectivity index is 1.55. The molecule has 0 spiro atoms. The topological polar surface area (TPSA) is 103 Å². The summed E-state index contributed by atoms with van der Waals surface area (Å²) in [4.78, 5) is 37.2. The number of alkyl halides is 3. The van der Waals surface area contributed by atoms with Gasteiger partial charge in [0.1, 0.15) is 5.69 Å². The standard InChI is InChI=1S/C22H17ClF3N7O2/c1-31-17-18(30-20(31)29-11-6-7-16(27-9-11)22(24,25)26)32(2)21(35)33(19(17)34)10-12-8-13-14(23)4-3-5-15(13)28-12/h3-9,28H,10H2,1-2H3,(H,29,30). The molecule has 13 heteroatoms. The zero-order valence-electron chi connectivity index (χ0n) is 18.3. The quantitative estimate of drug-likeness (QED) is 0.388. The molecule has 0 fully saturated rings. The van der Waals surface area contributed by atoms with Crippen molar-refractivity contribution in [3.05, 3.63) is 79.8 Å². The lowest BCUT2D eigenvalue weighted by Gasteiger charge is -2.09. The van der Waals surface area contributed by atoms with Gasteiger partial charge in [-0.2, -0.15) is 18.2 Å². The Morgan fingerprint density at radius 2 is 1.89 bits per heavy atom. The van der Waals surface area contributed by atoms with Crippen LogP contribution in [0.25, 0.3) is 22.1 Å². The lowest BCUT2D eigenvalue weighted by molar-refractivity contribution is -0.141. The molecule has 2 N–H and O–H groups in total. The normalized spacial score (nSPS) is 12.1. The van der Waals surface area contributed by atoms with Crippen LogP contribution in [0.1, 0.15) is 11.4 Å². The predicted molar refractivity (Wildman–Crippen MR) is 125 cm³/mol. The van der Waals surface area contributed by atoms with Gasteiger partial charge in [-0.3, -0.25) is 13.9 Å². The molecule has 4 heterocycles. The van der Waals surface area contributed by atoms with Gasteiger partial charge in [0.05, 0.1) is 18.4 Å². The van der Waals surface area contributed by atoms with Crippen LogP contribution < -0.4 is 16.6 Å². The molecule has 5 aromatic rings. The van der Waals surface area contributed by atoms with Gasteiger partial charge < -0.3 is 14.9 Å². The number of rotatable bonds is 4. The number of nitrogens with one attached hydrogen (secondary N) is 2. The van der Waals surface area contributed by atoms with Crippen LogP contribution in [0.15, 0.2) is 52.2 Å². The number of H-pyrrole nitrogens is 1. The Bertz CT molecular complexity index is 1710. The molecule has 0 aliphatic carbocycles. The molecule has 4 aromatic heterocycles. The number of aromatic nitrogens is 6. The predicted octanol–water partition coefficient (Wildman–Crippen LogP) is 3.77. The van der Waals surface area contributed by atoms with Gasteiger partial charge in [-0.25, -0.2) is 9.78 Å². The van der Waals surface area contributed by atoms with E-state index in [-0.39, 0.29) is 29.3 Å². The monoisotopic (exact) mass is 503 g/mol. The van der Waals surface area contributed by atoms with Gasteiger partial charge in [-0.1, -0.05) is 17.7 Å². The molecule has 5 rings (SSSR count). The minimum absolute atomic E-state index is 0.0246. The van der Waals surface area contributed by atoms with E-state index < -0.39 is 23.1 Å². The van der Waals surface area contributed by atoms with E-state index in [9.17, 15) is 22.8 Å². The van der Waals surface area contributed by atoms with E-state index in [4.69, 9.17) is 11.6 Å². The number of fused-ring (bicyclic) bond motifs is 2. The minimum atomic E-state index is -4.56. The highest BCUT2D eigenvalue weighted by Crippen LogP contribution is 2.28. The second kappa shape index (κ2) is 8.01. The molecule has 0 atom stereocenters. The summed E-state index contributed by atoms with van der Waals surface area (Å²) in [5, 5.41) is 4.16. The highest BCUT2D eigenvalue weighted by molar-refractivity contribution is 6.35. The van der Waals surface area contributed by atoms with Crippen molar-refractivity contribution in [2.24, 2.45) is 14.1 Å². The van der Waals surface area contributed by atoms with Crippen LogP contribution in [0, 0.1) is 0 Å². The maximum Gasteiger partial charge on any atom is 0.433 e. The van der Waals surface area contributed by atoms with Gasteiger partial charge in [-0.15, -0.1) is 0 Å². The van der Waals surface area contributed by atoms with E-state index in [1.165, 1.54) is 22.2 Å². The number of anilines is 2. The molecule has 1 aromatic carbocycles. The summed E-state index contributed by atoms with van der Waals surface area (Å²) >= 11 is 6.23. The minimum Gasteiger partial charge on any atom is -0.357 e. The number of hydrogen-bond acceptors (Lipinski definition) is 5. The molecule has 9 nitrogen and oxygen atoms in total. The third-order valence-corrected chi connectivity index (χ3v) is 5.99. The van der Waals surface area contributed by atoms with Crippen LogP contribution in [0.5, 0.6) is 0 Å². The van der Waals surface area contributed by atoms with Gasteiger partial charge in [0, 0.05) is 35.7 Å². The van der Waals surface area contributed by atoms with Crippen LogP contribution in [-0.4, -0.2) is 28.7 Å². The van der Waals surface area contributed by atoms with E-state index in [2.05, 4.69) is 20.3 Å². The Labute approximate surface area is 199 Å². The molecule has 0 saturated carbocycles. The van der Waals surface area contributed by atoms with Crippen molar-refractivity contribution >= 4 is 45.3 Å². The van der Waals surface area contributed by atoms with E-state index >= 15 is 0 Å². The van der Waals surface area contributed by atoms with Crippen molar-refractivity contribution in [2.45, 2.75) is 12.7 Å². The summed E-state index contributed by atoms with van der Waals surface area (Å²) in [5.74, 6) is 0.156. The first kappa shape index (κ1) is 22.7. The van der Waals surface area contributed by atoms with Crippen molar-refractivity contribution < 1.29 is 13.2 Å². The molecule has 180 valence electrons. The summed E-state index contributed by atoms with van der Waals surface area (Å²) in [6.07, 6.45) is -3.55. The second-order valence-corrected chi connectivity index (χ2v) is 8.36. The summed E-state index contributed by atoms with van der Waals surface area (Å²) < 4.78 is 42.1. The highest BCUT2D eigenvalue weighted by Gasteiger charge is 2.32. The molecule has 0 saturated heterocycles. The van der Waals surface area contributed by atoms with Gasteiger partial charge >= 0.3 is 11.9 Å². The van der Waals surface area contributed by atoms with E-state index in [0.717, 1.165) is 27.7 Å². The number of hydrogen-bond donors (Lipinski definition) is 2. The molecule has 0 radical (unpaired) electrons. The van der Waals surface area contributed by atoms with E-state index in [1.54, 1.807) is 25.2 Å². The van der Waals surface area contributed by atoms with E-state index in [0.29, 0.717) is 10.7 Å². The summed E-state index contributed by atoms with van der Waals surface area (Å²) in [6.45, 7) is -0.0246. The van der Waals surface area contributed by atoms with Gasteiger partial charge in [-0.05, 0) is 30.3 Å². The molecular weight excluding hydrogens is 487 g/mol. The maximum atomic E-state index is 13.3. The highest BCUT2D eigenvalue weighted by atomic mass is 35.5. The zero-order valence-corrected chi connectivity index (χ0v) is 19.1. The fourth-order valence-corrected chi connectivity index (χ4v) is 4.12. The summed E-state index contributed by atoms with van der Waals surface area (Å²) in [6, 6.07) is 9.19. The Morgan fingerprint density at radius 3 is 2.54 bits per heavy atom. The number of benzene rings is 1. The first-order valence-corrected chi connectivity index (χ1v) is 10.6. The van der Waals surface area contributed by atoms with Crippen LogP contribution in [-0.2, 0) is 26.8 Å². The lowest BCUT2D eigenvalue weighted by atomic mass is 10.2. The van der Waals surface area contributed by atoms with Crippen LogP contribution >= 0.6 is 11.6 Å². The van der Waals surface area contributed by atoms with Crippen LogP contribution in [0.2, 0.25) is 5.02 Å². The average Bonchev–Trinajstić information content (AvgIpc) is 3.37. The third-order valence-electron chi connectivity index (χ3n) is 5.67. The lowest BCUT2D eigenvalue weighted by Crippen LogP contribution is -2.39. The van der Waals surface area contributed by atoms with Crippen LogP contribution in [0.3, 0.4) is 0 Å². The number of aryl methyl sites for hydroxylation is 2. The first-order valence-electron chi connectivity index (χ1n) is 10.3. The first-order chi connectivity index (χ1) is 16.5. The number of aromatic amines is 1. The van der Waals surface area contributed by atoms with Crippen molar-refractivity contribution in [3.8, 4) is 0 Å². The van der Waals surface area contributed by atoms with Crippen molar-refractivity contribution in [3.63, 3.8) is 0 Å². The number of pyridine rings is 1. The average molecular weight is 504 g/mol. The smallest absolute Gasteiger partial charge is 0.357 e. The van der Waals surface area contributed by atoms with Crippen LogP contribution in [0.4, 0.5) is 24.8 Å². The van der Waals surface area contributed by atoms with Crippen molar-refractivity contribution in [2.75, 3.05) is 5.32 Å². The number of imidazole rings is 1. The van der Waals surface area contributed by atoms with Gasteiger partial charge in [0.15, 0.2) is 11.2 Å². The molecule has 0 amide bonds. The molecule has 0 unspecified atom stereocenters. The SMILES string of the molecule is Cn1c(Nc2ccc(C(F)(F)F)nc2)nc2c1c(=O)n(Cc1cc3c(Cl)cccc3[nH]1)c(=O)n2C. The summed E-state index contributed by atoms with van der Waals surface area (Å²) in [7, 11) is 3.05. The maximum absolute atomic E-state index is 13.3. The molecule has 0 aliphatic rings. The number of halogens is 4. The van der Waals surface area contributed by atoms with Crippen molar-refractivity contribution in [1.82, 2.24) is 28.7 Å².